The van der Waals surface area contributed by atoms with E-state index in [0.29, 0.717) is 12.0 Å². The number of nitrogens with zero attached hydrogens (tertiary/aromatic N) is 2. The van der Waals surface area contributed by atoms with Crippen molar-refractivity contribution >= 4 is 17.5 Å². The molecule has 1 aromatic carbocycles. The van der Waals surface area contributed by atoms with Crippen LogP contribution in [0.5, 0.6) is 0 Å². The number of aromatic nitrogens is 2. The van der Waals surface area contributed by atoms with Gasteiger partial charge in [0.25, 0.3) is 0 Å². The van der Waals surface area contributed by atoms with Crippen LogP contribution in [-0.4, -0.2) is 16.0 Å². The minimum absolute atomic E-state index is 0.467. The molecule has 1 saturated carbocycles. The zero-order valence-electron chi connectivity index (χ0n) is 15.0. The first-order chi connectivity index (χ1) is 11.6. The van der Waals surface area contributed by atoms with Gasteiger partial charge < -0.3 is 10.6 Å². The van der Waals surface area contributed by atoms with Crippen molar-refractivity contribution in [3.63, 3.8) is 0 Å². The van der Waals surface area contributed by atoms with Crippen LogP contribution in [0.1, 0.15) is 63.0 Å². The van der Waals surface area contributed by atoms with Crippen LogP contribution in [0.2, 0.25) is 0 Å². The van der Waals surface area contributed by atoms with Crippen LogP contribution in [0.15, 0.2) is 30.5 Å². The van der Waals surface area contributed by atoms with Crippen LogP contribution in [0, 0.1) is 6.92 Å². The van der Waals surface area contributed by atoms with Gasteiger partial charge in [0, 0.05) is 17.9 Å². The molecule has 0 saturated heterocycles. The molecule has 0 aliphatic heterocycles. The summed E-state index contributed by atoms with van der Waals surface area (Å²) in [4.78, 5) is 9.06. The van der Waals surface area contributed by atoms with E-state index < -0.39 is 0 Å². The van der Waals surface area contributed by atoms with Crippen molar-refractivity contribution in [2.45, 2.75) is 64.8 Å². The molecule has 1 heterocycles. The summed E-state index contributed by atoms with van der Waals surface area (Å²) in [6, 6.07) is 8.88. The molecule has 0 atom stereocenters. The molecule has 4 nitrogen and oxygen atoms in total. The molecule has 0 unspecified atom stereocenters. The summed E-state index contributed by atoms with van der Waals surface area (Å²) in [5.41, 5.74) is 3.71. The molecule has 2 N–H and O–H groups in total. The Kier molecular flexibility index (Phi) is 5.34. The molecule has 3 rings (SSSR count). The molecule has 0 bridgehead atoms. The molecule has 1 aliphatic carbocycles. The predicted octanol–water partition coefficient (Wildman–Crippen LogP) is 5.40. The van der Waals surface area contributed by atoms with Crippen LogP contribution >= 0.6 is 0 Å². The largest absolute Gasteiger partial charge is 0.351 e. The topological polar surface area (TPSA) is 49.8 Å². The van der Waals surface area contributed by atoms with Crippen molar-refractivity contribution in [2.75, 3.05) is 10.6 Å². The van der Waals surface area contributed by atoms with Crippen LogP contribution < -0.4 is 10.6 Å². The monoisotopic (exact) mass is 324 g/mol. The number of aryl methyl sites for hydroxylation is 1. The fourth-order valence-electron chi connectivity index (χ4n) is 3.40. The van der Waals surface area contributed by atoms with Crippen molar-refractivity contribution < 1.29 is 0 Å². The normalized spacial score (nSPS) is 15.5. The zero-order valence-corrected chi connectivity index (χ0v) is 15.0. The van der Waals surface area contributed by atoms with E-state index in [0.717, 1.165) is 17.5 Å². The van der Waals surface area contributed by atoms with Gasteiger partial charge in [-0.2, -0.15) is 4.98 Å². The van der Waals surface area contributed by atoms with Gasteiger partial charge in [-0.1, -0.05) is 51.3 Å². The average Bonchev–Trinajstić information content (AvgIpc) is 2.58. The van der Waals surface area contributed by atoms with Crippen LogP contribution in [0.25, 0.3) is 0 Å². The van der Waals surface area contributed by atoms with Crippen molar-refractivity contribution in [3.05, 3.63) is 41.6 Å². The SMILES string of the molecule is Cc1cccc(C(C)C)c1Nc1ccnc(NC2CCCCC2)n1. The number of benzene rings is 1. The fourth-order valence-corrected chi connectivity index (χ4v) is 3.40. The number of para-hydroxylation sites is 1. The van der Waals surface area contributed by atoms with Gasteiger partial charge in [-0.3, -0.25) is 0 Å². The van der Waals surface area contributed by atoms with Crippen molar-refractivity contribution in [1.29, 1.82) is 0 Å². The first-order valence-electron chi connectivity index (χ1n) is 9.09. The van der Waals surface area contributed by atoms with E-state index in [9.17, 15) is 0 Å². The highest BCUT2D eigenvalue weighted by molar-refractivity contribution is 5.65. The van der Waals surface area contributed by atoms with Gasteiger partial charge in [0.1, 0.15) is 5.82 Å². The molecule has 24 heavy (non-hydrogen) atoms. The maximum atomic E-state index is 4.67. The van der Waals surface area contributed by atoms with Crippen LogP contribution in [0.3, 0.4) is 0 Å². The van der Waals surface area contributed by atoms with E-state index >= 15 is 0 Å². The van der Waals surface area contributed by atoms with E-state index in [1.54, 1.807) is 0 Å². The summed E-state index contributed by atoms with van der Waals surface area (Å²) in [7, 11) is 0. The number of hydrogen-bond acceptors (Lipinski definition) is 4. The summed E-state index contributed by atoms with van der Waals surface area (Å²) in [6.07, 6.45) is 8.22. The van der Waals surface area contributed by atoms with Crippen molar-refractivity contribution in [1.82, 2.24) is 9.97 Å². The van der Waals surface area contributed by atoms with Crippen LogP contribution in [-0.2, 0) is 0 Å². The van der Waals surface area contributed by atoms with Gasteiger partial charge in [-0.15, -0.1) is 0 Å². The highest BCUT2D eigenvalue weighted by Gasteiger charge is 2.15. The summed E-state index contributed by atoms with van der Waals surface area (Å²) in [6.45, 7) is 6.57. The Labute approximate surface area is 145 Å². The van der Waals surface area contributed by atoms with Crippen molar-refractivity contribution in [3.8, 4) is 0 Å². The molecule has 0 radical (unpaired) electrons. The second-order valence-electron chi connectivity index (χ2n) is 7.06. The first kappa shape index (κ1) is 16.7. The summed E-state index contributed by atoms with van der Waals surface area (Å²) in [5, 5.41) is 7.01. The van der Waals surface area contributed by atoms with E-state index in [2.05, 4.69) is 59.6 Å². The lowest BCUT2D eigenvalue weighted by Gasteiger charge is -2.23. The van der Waals surface area contributed by atoms with E-state index in [1.165, 1.54) is 43.2 Å². The molecule has 0 amide bonds. The Hall–Kier alpha value is -2.10. The van der Waals surface area contributed by atoms with Gasteiger partial charge >= 0.3 is 0 Å². The minimum atomic E-state index is 0.467. The number of anilines is 3. The second-order valence-corrected chi connectivity index (χ2v) is 7.06. The van der Waals surface area contributed by atoms with Gasteiger partial charge in [0.05, 0.1) is 0 Å². The molecule has 4 heteroatoms. The smallest absolute Gasteiger partial charge is 0.224 e. The van der Waals surface area contributed by atoms with Gasteiger partial charge in [-0.25, -0.2) is 4.98 Å². The maximum absolute atomic E-state index is 4.67. The fraction of sp³-hybridized carbons (Fsp3) is 0.500. The highest BCUT2D eigenvalue weighted by Crippen LogP contribution is 2.30. The van der Waals surface area contributed by atoms with Crippen molar-refractivity contribution in [2.24, 2.45) is 0 Å². The molecular weight excluding hydrogens is 296 g/mol. The van der Waals surface area contributed by atoms with Gasteiger partial charge in [0.2, 0.25) is 5.95 Å². The average molecular weight is 324 g/mol. The number of nitrogens with one attached hydrogen (secondary N) is 2. The van der Waals surface area contributed by atoms with Crippen LogP contribution in [0.4, 0.5) is 17.5 Å². The third kappa shape index (κ3) is 4.05. The second kappa shape index (κ2) is 7.65. The molecule has 0 spiro atoms. The maximum Gasteiger partial charge on any atom is 0.224 e. The lowest BCUT2D eigenvalue weighted by atomic mass is 9.96. The molecule has 2 aromatic rings. The lowest BCUT2D eigenvalue weighted by molar-refractivity contribution is 0.461. The third-order valence-corrected chi connectivity index (χ3v) is 4.77. The molecular formula is C20H28N4. The number of hydrogen-bond donors (Lipinski definition) is 2. The predicted molar refractivity (Wildman–Crippen MR) is 101 cm³/mol. The Bertz CT molecular complexity index is 675. The molecule has 1 fully saturated rings. The Morgan fingerprint density at radius 2 is 1.88 bits per heavy atom. The zero-order chi connectivity index (χ0) is 16.9. The third-order valence-electron chi connectivity index (χ3n) is 4.77. The number of rotatable bonds is 5. The van der Waals surface area contributed by atoms with E-state index in [1.807, 2.05) is 12.3 Å². The Balaban J connectivity index is 1.77. The lowest BCUT2D eigenvalue weighted by Crippen LogP contribution is -2.23. The summed E-state index contributed by atoms with van der Waals surface area (Å²) >= 11 is 0. The molecule has 1 aromatic heterocycles. The Morgan fingerprint density at radius 3 is 2.62 bits per heavy atom. The minimum Gasteiger partial charge on any atom is -0.351 e. The van der Waals surface area contributed by atoms with E-state index in [-0.39, 0.29) is 0 Å². The molecule has 1 aliphatic rings. The quantitative estimate of drug-likeness (QED) is 0.773. The standard InChI is InChI=1S/C20H28N4/c1-14(2)17-11-7-8-15(3)19(17)23-18-12-13-21-20(24-18)22-16-9-5-4-6-10-16/h7-8,11-14,16H,4-6,9-10H2,1-3H3,(H2,21,22,23,24). The highest BCUT2D eigenvalue weighted by atomic mass is 15.2. The Morgan fingerprint density at radius 1 is 1.08 bits per heavy atom. The van der Waals surface area contributed by atoms with Gasteiger partial charge in [-0.05, 0) is 42.9 Å². The van der Waals surface area contributed by atoms with Gasteiger partial charge in [0.15, 0.2) is 0 Å². The first-order valence-corrected chi connectivity index (χ1v) is 9.09. The molecule has 128 valence electrons. The van der Waals surface area contributed by atoms with E-state index in [4.69, 9.17) is 0 Å². The summed E-state index contributed by atoms with van der Waals surface area (Å²) in [5.74, 6) is 2.04. The summed E-state index contributed by atoms with van der Waals surface area (Å²) < 4.78 is 0.